The normalized spacial score (nSPS) is 35.1. The predicted molar refractivity (Wildman–Crippen MR) is 93.6 cm³/mol. The summed E-state index contributed by atoms with van der Waals surface area (Å²) in [5.74, 6) is 2.67. The summed E-state index contributed by atoms with van der Waals surface area (Å²) in [6.45, 7) is 7.54. The summed E-state index contributed by atoms with van der Waals surface area (Å²) in [4.78, 5) is 25.6. The minimum atomic E-state index is 0.0319. The molecule has 1 unspecified atom stereocenters. The summed E-state index contributed by atoms with van der Waals surface area (Å²) in [6.07, 6.45) is 7.70. The number of rotatable bonds is 7. The summed E-state index contributed by atoms with van der Waals surface area (Å²) in [7, 11) is 0. The second kappa shape index (κ2) is 7.03. The molecule has 0 spiro atoms. The fraction of sp³-hybridized carbons (Fsp3) is 0.895. The molecule has 0 radical (unpaired) electrons. The van der Waals surface area contributed by atoms with Crippen LogP contribution in [-0.4, -0.2) is 43.0 Å². The molecule has 4 rings (SSSR count). The van der Waals surface area contributed by atoms with Crippen LogP contribution in [-0.2, 0) is 9.59 Å². The Bertz CT molecular complexity index is 454. The molecule has 3 N–H and O–H groups in total. The minimum Gasteiger partial charge on any atom is -0.349 e. The Morgan fingerprint density at radius 2 is 1.50 bits per heavy atom. The molecule has 0 saturated heterocycles. The fourth-order valence-corrected chi connectivity index (χ4v) is 5.74. The standard InChI is InChI=1S/C19H33N3O2/c1-4-22(11-17(23)20-13(2)3)12-18(24)21-19-8-14-5-15(9-19)7-16(6-14)10-19/h13-16H,4-12H2,1-3H3,(H,20,23)(H,21,24)/p+1. The van der Waals surface area contributed by atoms with E-state index in [2.05, 4.69) is 10.6 Å². The van der Waals surface area contributed by atoms with Crippen molar-refractivity contribution >= 4 is 11.8 Å². The van der Waals surface area contributed by atoms with Gasteiger partial charge in [-0.05, 0) is 77.0 Å². The minimum absolute atomic E-state index is 0.0319. The van der Waals surface area contributed by atoms with Crippen LogP contribution in [0.5, 0.6) is 0 Å². The third kappa shape index (κ3) is 4.11. The number of likely N-dealkylation sites (N-methyl/N-ethyl adjacent to an activating group) is 1. The van der Waals surface area contributed by atoms with Crippen molar-refractivity contribution in [3.8, 4) is 0 Å². The smallest absolute Gasteiger partial charge is 0.275 e. The van der Waals surface area contributed by atoms with Gasteiger partial charge in [-0.3, -0.25) is 9.59 Å². The van der Waals surface area contributed by atoms with Gasteiger partial charge in [-0.25, -0.2) is 0 Å². The van der Waals surface area contributed by atoms with E-state index >= 15 is 0 Å². The van der Waals surface area contributed by atoms with Gasteiger partial charge in [0.2, 0.25) is 0 Å². The molecule has 0 aromatic carbocycles. The lowest BCUT2D eigenvalue weighted by Gasteiger charge is -2.56. The number of hydrogen-bond acceptors (Lipinski definition) is 2. The molecule has 0 aliphatic heterocycles. The van der Waals surface area contributed by atoms with Crippen LogP contribution in [0.2, 0.25) is 0 Å². The SMILES string of the molecule is CC[NH+](CC(=O)NC(C)C)CC(=O)NC12CC3CC(CC(C3)C1)C2. The van der Waals surface area contributed by atoms with Crippen LogP contribution in [0.3, 0.4) is 0 Å². The Morgan fingerprint density at radius 3 is 1.96 bits per heavy atom. The first kappa shape index (κ1) is 17.7. The predicted octanol–water partition coefficient (Wildman–Crippen LogP) is 0.501. The van der Waals surface area contributed by atoms with Gasteiger partial charge in [0.05, 0.1) is 6.54 Å². The van der Waals surface area contributed by atoms with E-state index in [1.165, 1.54) is 38.5 Å². The lowest BCUT2D eigenvalue weighted by Crippen LogP contribution is -3.14. The highest BCUT2D eigenvalue weighted by Crippen LogP contribution is 2.55. The van der Waals surface area contributed by atoms with Crippen LogP contribution < -0.4 is 15.5 Å². The van der Waals surface area contributed by atoms with Crippen LogP contribution in [0.25, 0.3) is 0 Å². The molecule has 4 aliphatic rings. The largest absolute Gasteiger partial charge is 0.349 e. The van der Waals surface area contributed by atoms with E-state index in [0.717, 1.165) is 29.2 Å². The highest BCUT2D eigenvalue weighted by Gasteiger charge is 2.51. The van der Waals surface area contributed by atoms with E-state index in [-0.39, 0.29) is 23.4 Å². The summed E-state index contributed by atoms with van der Waals surface area (Å²) < 4.78 is 0. The number of quaternary nitrogens is 1. The van der Waals surface area contributed by atoms with Crippen LogP contribution in [0.15, 0.2) is 0 Å². The van der Waals surface area contributed by atoms with Gasteiger partial charge in [0.25, 0.3) is 11.8 Å². The highest BCUT2D eigenvalue weighted by molar-refractivity contribution is 5.79. The first-order valence-corrected chi connectivity index (χ1v) is 9.81. The summed E-state index contributed by atoms with van der Waals surface area (Å²) in [5, 5.41) is 6.33. The summed E-state index contributed by atoms with van der Waals surface area (Å²) in [6, 6.07) is 0.149. The number of amides is 2. The lowest BCUT2D eigenvalue weighted by atomic mass is 9.53. The van der Waals surface area contributed by atoms with Gasteiger partial charge in [0, 0.05) is 11.6 Å². The Balaban J connectivity index is 1.52. The molecule has 4 aliphatic carbocycles. The summed E-state index contributed by atoms with van der Waals surface area (Å²) in [5.41, 5.74) is 0.0743. The Hall–Kier alpha value is -1.10. The van der Waals surface area contributed by atoms with Crippen molar-refractivity contribution in [3.63, 3.8) is 0 Å². The average Bonchev–Trinajstić information content (AvgIpc) is 2.43. The van der Waals surface area contributed by atoms with E-state index in [1.807, 2.05) is 20.8 Å². The highest BCUT2D eigenvalue weighted by atomic mass is 16.2. The van der Waals surface area contributed by atoms with Crippen molar-refractivity contribution < 1.29 is 14.5 Å². The van der Waals surface area contributed by atoms with Gasteiger partial charge in [-0.1, -0.05) is 0 Å². The van der Waals surface area contributed by atoms with Crippen LogP contribution in [0.4, 0.5) is 0 Å². The molecule has 0 heterocycles. The van der Waals surface area contributed by atoms with Crippen molar-refractivity contribution in [2.45, 2.75) is 70.9 Å². The Morgan fingerprint density at radius 1 is 1.00 bits per heavy atom. The molecule has 5 heteroatoms. The molecule has 4 fully saturated rings. The van der Waals surface area contributed by atoms with Gasteiger partial charge in [-0.2, -0.15) is 0 Å². The Labute approximate surface area is 145 Å². The quantitative estimate of drug-likeness (QED) is 0.634. The lowest BCUT2D eigenvalue weighted by molar-refractivity contribution is -0.881. The molecule has 1 atom stereocenters. The monoisotopic (exact) mass is 336 g/mol. The fourth-order valence-electron chi connectivity index (χ4n) is 5.74. The molecule has 5 nitrogen and oxygen atoms in total. The van der Waals surface area contributed by atoms with Crippen LogP contribution in [0, 0.1) is 17.8 Å². The maximum absolute atomic E-state index is 12.6. The molecular weight excluding hydrogens is 302 g/mol. The van der Waals surface area contributed by atoms with Gasteiger partial charge >= 0.3 is 0 Å². The molecular formula is C19H34N3O2+. The third-order valence-corrected chi connectivity index (χ3v) is 6.21. The topological polar surface area (TPSA) is 62.6 Å². The van der Waals surface area contributed by atoms with E-state index in [1.54, 1.807) is 0 Å². The second-order valence-electron chi connectivity index (χ2n) is 8.93. The molecule has 136 valence electrons. The Kier molecular flexibility index (Phi) is 5.19. The van der Waals surface area contributed by atoms with Crippen molar-refractivity contribution in [3.05, 3.63) is 0 Å². The zero-order valence-corrected chi connectivity index (χ0v) is 15.5. The molecule has 2 amide bonds. The zero-order chi connectivity index (χ0) is 17.3. The first-order valence-electron chi connectivity index (χ1n) is 9.81. The maximum atomic E-state index is 12.6. The van der Waals surface area contributed by atoms with E-state index < -0.39 is 0 Å². The number of carbonyl (C=O) groups is 2. The molecule has 4 bridgehead atoms. The molecule has 24 heavy (non-hydrogen) atoms. The van der Waals surface area contributed by atoms with Crippen LogP contribution in [0.1, 0.15) is 59.3 Å². The van der Waals surface area contributed by atoms with E-state index in [9.17, 15) is 9.59 Å². The van der Waals surface area contributed by atoms with Gasteiger partial charge in [0.1, 0.15) is 0 Å². The number of nitrogens with one attached hydrogen (secondary N) is 3. The van der Waals surface area contributed by atoms with Crippen LogP contribution >= 0.6 is 0 Å². The van der Waals surface area contributed by atoms with Crippen molar-refractivity contribution in [2.24, 2.45) is 17.8 Å². The third-order valence-electron chi connectivity index (χ3n) is 6.21. The molecule has 0 aromatic heterocycles. The van der Waals surface area contributed by atoms with Gasteiger partial charge in [-0.15, -0.1) is 0 Å². The number of carbonyl (C=O) groups excluding carboxylic acids is 2. The van der Waals surface area contributed by atoms with Crippen molar-refractivity contribution in [1.29, 1.82) is 0 Å². The first-order chi connectivity index (χ1) is 11.4. The summed E-state index contributed by atoms with van der Waals surface area (Å²) >= 11 is 0. The van der Waals surface area contributed by atoms with Crippen molar-refractivity contribution in [1.82, 2.24) is 10.6 Å². The van der Waals surface area contributed by atoms with E-state index in [4.69, 9.17) is 0 Å². The maximum Gasteiger partial charge on any atom is 0.275 e. The zero-order valence-electron chi connectivity index (χ0n) is 15.5. The van der Waals surface area contributed by atoms with Crippen molar-refractivity contribution in [2.75, 3.05) is 19.6 Å². The molecule has 0 aromatic rings. The van der Waals surface area contributed by atoms with E-state index in [0.29, 0.717) is 13.1 Å². The second-order valence-corrected chi connectivity index (χ2v) is 8.93. The average molecular weight is 337 g/mol. The molecule has 4 saturated carbocycles. The number of hydrogen-bond donors (Lipinski definition) is 3. The van der Waals surface area contributed by atoms with Gasteiger partial charge < -0.3 is 15.5 Å². The van der Waals surface area contributed by atoms with Gasteiger partial charge in [0.15, 0.2) is 13.1 Å².